The number of nitrogens with zero attached hydrogens (tertiary/aromatic N) is 5. The number of aromatic nitrogens is 3. The monoisotopic (exact) mass is 273 g/mol. The smallest absolute Gasteiger partial charge is 0.180 e. The summed E-state index contributed by atoms with van der Waals surface area (Å²) in [6, 6.07) is 2.17. The normalized spacial score (nSPS) is 10.8. The summed E-state index contributed by atoms with van der Waals surface area (Å²) >= 11 is 0. The van der Waals surface area contributed by atoms with Crippen molar-refractivity contribution in [1.82, 2.24) is 14.4 Å². The van der Waals surface area contributed by atoms with Gasteiger partial charge in [-0.15, -0.1) is 0 Å². The first-order valence-corrected chi connectivity index (χ1v) is 6.58. The molecule has 0 aliphatic carbocycles. The Morgan fingerprint density at radius 1 is 1.55 bits per heavy atom. The van der Waals surface area contributed by atoms with Crippen molar-refractivity contribution >= 4 is 17.3 Å². The lowest BCUT2D eigenvalue weighted by Gasteiger charge is -2.25. The molecule has 7 heteroatoms. The molecule has 0 unspecified atom stereocenters. The van der Waals surface area contributed by atoms with Gasteiger partial charge in [-0.2, -0.15) is 5.26 Å². The zero-order valence-electron chi connectivity index (χ0n) is 11.7. The number of nitrogens with two attached hydrogens (primary N) is 1. The second-order valence-electron chi connectivity index (χ2n) is 5.00. The number of hydrogen-bond donors (Lipinski definition) is 2. The third-order valence-electron chi connectivity index (χ3n) is 2.88. The minimum Gasteiger partial charge on any atom is -0.352 e. The quantitative estimate of drug-likeness (QED) is 0.610. The van der Waals surface area contributed by atoms with E-state index in [9.17, 15) is 0 Å². The minimum atomic E-state index is 0.446. The Bertz CT molecular complexity index is 611. The highest BCUT2D eigenvalue weighted by Gasteiger charge is 2.16. The lowest BCUT2D eigenvalue weighted by molar-refractivity contribution is 0.608. The first kappa shape index (κ1) is 14.1. The topological polar surface area (TPSA) is 95.3 Å². The van der Waals surface area contributed by atoms with Crippen LogP contribution in [0.2, 0.25) is 0 Å². The van der Waals surface area contributed by atoms with Gasteiger partial charge in [0.05, 0.1) is 18.7 Å². The molecular weight excluding hydrogens is 254 g/mol. The summed E-state index contributed by atoms with van der Waals surface area (Å²) in [5.41, 5.74) is 3.33. The molecule has 3 N–H and O–H groups in total. The molecule has 0 bridgehead atoms. The van der Waals surface area contributed by atoms with Crippen molar-refractivity contribution in [2.75, 3.05) is 23.4 Å². The largest absolute Gasteiger partial charge is 0.352 e. The van der Waals surface area contributed by atoms with Crippen molar-refractivity contribution < 1.29 is 0 Å². The van der Waals surface area contributed by atoms with Crippen LogP contribution in [0.5, 0.6) is 0 Å². The fourth-order valence-electron chi connectivity index (χ4n) is 2.11. The molecule has 0 saturated carbocycles. The van der Waals surface area contributed by atoms with Gasteiger partial charge >= 0.3 is 0 Å². The predicted molar refractivity (Wildman–Crippen MR) is 78.1 cm³/mol. The van der Waals surface area contributed by atoms with Crippen LogP contribution >= 0.6 is 0 Å². The molecule has 7 nitrogen and oxygen atoms in total. The van der Waals surface area contributed by atoms with Gasteiger partial charge in [0, 0.05) is 25.5 Å². The lowest BCUT2D eigenvalue weighted by atomic mass is 10.2. The molecule has 2 aromatic heterocycles. The van der Waals surface area contributed by atoms with E-state index >= 15 is 0 Å². The number of nitriles is 1. The maximum Gasteiger partial charge on any atom is 0.180 e. The number of imidazole rings is 1. The van der Waals surface area contributed by atoms with Gasteiger partial charge in [0.25, 0.3) is 0 Å². The number of hydrazine groups is 1. The molecule has 0 amide bonds. The average Bonchev–Trinajstić information content (AvgIpc) is 2.90. The summed E-state index contributed by atoms with van der Waals surface area (Å²) in [7, 11) is 0. The van der Waals surface area contributed by atoms with Crippen LogP contribution in [-0.2, 0) is 0 Å². The van der Waals surface area contributed by atoms with Crippen molar-refractivity contribution in [3.63, 3.8) is 0 Å². The van der Waals surface area contributed by atoms with E-state index in [2.05, 4.69) is 40.2 Å². The van der Waals surface area contributed by atoms with E-state index in [0.717, 1.165) is 18.0 Å². The SMILES string of the molecule is CC(C)CN(CCC#N)c1nc(NN)cn2ccnc12. The van der Waals surface area contributed by atoms with Crippen molar-refractivity contribution in [2.24, 2.45) is 11.8 Å². The molecule has 0 fully saturated rings. The van der Waals surface area contributed by atoms with Crippen molar-refractivity contribution in [2.45, 2.75) is 20.3 Å². The Morgan fingerprint density at radius 2 is 2.35 bits per heavy atom. The third kappa shape index (κ3) is 2.97. The van der Waals surface area contributed by atoms with Crippen LogP contribution < -0.4 is 16.2 Å². The second-order valence-corrected chi connectivity index (χ2v) is 5.00. The van der Waals surface area contributed by atoms with E-state index in [1.54, 1.807) is 12.4 Å². The summed E-state index contributed by atoms with van der Waals surface area (Å²) in [5.74, 6) is 7.23. The number of rotatable bonds is 6. The van der Waals surface area contributed by atoms with Gasteiger partial charge < -0.3 is 14.7 Å². The maximum atomic E-state index is 8.82. The van der Waals surface area contributed by atoms with Gasteiger partial charge in [-0.1, -0.05) is 13.8 Å². The Balaban J connectivity index is 2.44. The molecule has 0 atom stereocenters. The fourth-order valence-corrected chi connectivity index (χ4v) is 2.11. The number of fused-ring (bicyclic) bond motifs is 1. The zero-order chi connectivity index (χ0) is 14.5. The van der Waals surface area contributed by atoms with Gasteiger partial charge in [0.15, 0.2) is 17.3 Å². The second kappa shape index (κ2) is 6.21. The standard InChI is InChI=1S/C13H19N7/c1-10(2)8-19(6-3-4-14)13-12-16-5-7-20(12)9-11(17-13)18-15/h5,7,9-10,18H,3,6,8,15H2,1-2H3. The Labute approximate surface area is 118 Å². The van der Waals surface area contributed by atoms with Gasteiger partial charge in [0.2, 0.25) is 0 Å². The lowest BCUT2D eigenvalue weighted by Crippen LogP contribution is -2.30. The molecular formula is C13H19N7. The molecule has 2 aromatic rings. The molecule has 2 heterocycles. The first-order valence-electron chi connectivity index (χ1n) is 6.58. The molecule has 106 valence electrons. The van der Waals surface area contributed by atoms with Crippen LogP contribution in [0.4, 0.5) is 11.6 Å². The minimum absolute atomic E-state index is 0.446. The van der Waals surface area contributed by atoms with Crippen LogP contribution in [0.3, 0.4) is 0 Å². The first-order chi connectivity index (χ1) is 9.65. The molecule has 0 spiro atoms. The van der Waals surface area contributed by atoms with Gasteiger partial charge in [-0.3, -0.25) is 0 Å². The van der Waals surface area contributed by atoms with E-state index in [1.165, 1.54) is 0 Å². The highest BCUT2D eigenvalue weighted by atomic mass is 15.3. The van der Waals surface area contributed by atoms with Gasteiger partial charge in [0.1, 0.15) is 0 Å². The van der Waals surface area contributed by atoms with Crippen LogP contribution in [-0.4, -0.2) is 27.5 Å². The molecule has 0 saturated heterocycles. The molecule has 0 aromatic carbocycles. The third-order valence-corrected chi connectivity index (χ3v) is 2.88. The number of anilines is 2. The molecule has 0 radical (unpaired) electrons. The van der Waals surface area contributed by atoms with E-state index in [-0.39, 0.29) is 0 Å². The molecule has 2 rings (SSSR count). The van der Waals surface area contributed by atoms with Gasteiger partial charge in [-0.05, 0) is 5.92 Å². The van der Waals surface area contributed by atoms with Crippen molar-refractivity contribution in [3.8, 4) is 6.07 Å². The maximum absolute atomic E-state index is 8.82. The summed E-state index contributed by atoms with van der Waals surface area (Å²) < 4.78 is 1.87. The van der Waals surface area contributed by atoms with Crippen LogP contribution in [0.1, 0.15) is 20.3 Å². The molecule has 0 aliphatic heterocycles. The van der Waals surface area contributed by atoms with E-state index in [1.807, 2.05) is 10.6 Å². The van der Waals surface area contributed by atoms with E-state index in [0.29, 0.717) is 24.7 Å². The van der Waals surface area contributed by atoms with Crippen LogP contribution in [0.15, 0.2) is 18.6 Å². The average molecular weight is 273 g/mol. The summed E-state index contributed by atoms with van der Waals surface area (Å²) in [6.45, 7) is 5.70. The molecule has 0 aliphatic rings. The zero-order valence-corrected chi connectivity index (χ0v) is 11.7. The van der Waals surface area contributed by atoms with Crippen LogP contribution in [0.25, 0.3) is 5.65 Å². The Hall–Kier alpha value is -2.33. The Kier molecular flexibility index (Phi) is 4.38. The Morgan fingerprint density at radius 3 is 3.00 bits per heavy atom. The predicted octanol–water partition coefficient (Wildman–Crippen LogP) is 1.39. The summed E-state index contributed by atoms with van der Waals surface area (Å²) in [4.78, 5) is 10.9. The van der Waals surface area contributed by atoms with E-state index in [4.69, 9.17) is 11.1 Å². The number of hydrogen-bond acceptors (Lipinski definition) is 6. The van der Waals surface area contributed by atoms with E-state index < -0.39 is 0 Å². The van der Waals surface area contributed by atoms with Crippen molar-refractivity contribution in [1.29, 1.82) is 5.26 Å². The number of nitrogens with one attached hydrogen (secondary N) is 1. The summed E-state index contributed by atoms with van der Waals surface area (Å²) in [5, 5.41) is 8.82. The summed E-state index contributed by atoms with van der Waals surface area (Å²) in [6.07, 6.45) is 5.79. The van der Waals surface area contributed by atoms with Crippen molar-refractivity contribution in [3.05, 3.63) is 18.6 Å². The molecule has 20 heavy (non-hydrogen) atoms. The fraction of sp³-hybridized carbons (Fsp3) is 0.462. The van der Waals surface area contributed by atoms with Gasteiger partial charge in [-0.25, -0.2) is 15.8 Å². The van der Waals surface area contributed by atoms with Crippen LogP contribution in [0, 0.1) is 17.2 Å². The number of nitrogen functional groups attached to an aromatic ring is 1. The highest BCUT2D eigenvalue weighted by molar-refractivity contribution is 5.66. The highest BCUT2D eigenvalue weighted by Crippen LogP contribution is 2.21.